The molecule has 5 nitrogen and oxygen atoms in total. The van der Waals surface area contributed by atoms with Gasteiger partial charge < -0.3 is 14.6 Å². The molecule has 0 saturated heterocycles. The molecule has 1 N–H and O–H groups in total. The van der Waals surface area contributed by atoms with E-state index in [1.807, 2.05) is 36.2 Å². The summed E-state index contributed by atoms with van der Waals surface area (Å²) in [5, 5.41) is 2.97. The van der Waals surface area contributed by atoms with Gasteiger partial charge in [0.25, 0.3) is 0 Å². The van der Waals surface area contributed by atoms with Crippen molar-refractivity contribution < 1.29 is 9.21 Å². The summed E-state index contributed by atoms with van der Waals surface area (Å²) < 4.78 is 5.29. The van der Waals surface area contributed by atoms with Gasteiger partial charge in [-0.15, -0.1) is 0 Å². The SMILES string of the molecule is CN(C(=O)Nc1cccc(-c2cnco2)c1)C1CCCCC1. The second-order valence-electron chi connectivity index (χ2n) is 5.78. The fourth-order valence-electron chi connectivity index (χ4n) is 2.95. The second kappa shape index (κ2) is 6.64. The van der Waals surface area contributed by atoms with Crippen LogP contribution in [0.3, 0.4) is 0 Å². The van der Waals surface area contributed by atoms with E-state index in [1.54, 1.807) is 6.20 Å². The van der Waals surface area contributed by atoms with E-state index < -0.39 is 0 Å². The monoisotopic (exact) mass is 299 g/mol. The molecule has 0 bridgehead atoms. The molecule has 1 saturated carbocycles. The Balaban J connectivity index is 1.67. The molecule has 0 spiro atoms. The molecular weight excluding hydrogens is 278 g/mol. The first-order valence-corrected chi connectivity index (χ1v) is 7.77. The highest BCUT2D eigenvalue weighted by atomic mass is 16.3. The fraction of sp³-hybridized carbons (Fsp3) is 0.412. The van der Waals surface area contributed by atoms with Gasteiger partial charge in [-0.05, 0) is 25.0 Å². The van der Waals surface area contributed by atoms with Gasteiger partial charge in [-0.25, -0.2) is 9.78 Å². The molecule has 1 aliphatic carbocycles. The Labute approximate surface area is 130 Å². The Morgan fingerprint density at radius 3 is 2.86 bits per heavy atom. The van der Waals surface area contributed by atoms with E-state index in [-0.39, 0.29) is 6.03 Å². The molecule has 2 amide bonds. The number of carbonyl (C=O) groups is 1. The zero-order valence-corrected chi connectivity index (χ0v) is 12.8. The number of hydrogen-bond donors (Lipinski definition) is 1. The normalized spacial score (nSPS) is 15.5. The molecule has 0 atom stereocenters. The average molecular weight is 299 g/mol. The second-order valence-corrected chi connectivity index (χ2v) is 5.78. The van der Waals surface area contributed by atoms with Gasteiger partial charge in [0, 0.05) is 24.3 Å². The van der Waals surface area contributed by atoms with Gasteiger partial charge in [-0.1, -0.05) is 31.4 Å². The van der Waals surface area contributed by atoms with Crippen molar-refractivity contribution in [3.05, 3.63) is 36.9 Å². The van der Waals surface area contributed by atoms with Crippen LogP contribution in [0, 0.1) is 0 Å². The van der Waals surface area contributed by atoms with E-state index in [1.165, 1.54) is 25.7 Å². The van der Waals surface area contributed by atoms with Crippen molar-refractivity contribution in [2.75, 3.05) is 12.4 Å². The number of oxazole rings is 1. The molecule has 116 valence electrons. The molecule has 0 unspecified atom stereocenters. The van der Waals surface area contributed by atoms with E-state index in [0.717, 1.165) is 24.1 Å². The van der Waals surface area contributed by atoms with Gasteiger partial charge in [-0.3, -0.25) is 0 Å². The molecule has 0 radical (unpaired) electrons. The Hall–Kier alpha value is -2.30. The lowest BCUT2D eigenvalue weighted by Gasteiger charge is -2.31. The van der Waals surface area contributed by atoms with Gasteiger partial charge in [0.2, 0.25) is 0 Å². The molecule has 1 aliphatic rings. The topological polar surface area (TPSA) is 58.4 Å². The lowest BCUT2D eigenvalue weighted by atomic mass is 9.95. The summed E-state index contributed by atoms with van der Waals surface area (Å²) >= 11 is 0. The fourth-order valence-corrected chi connectivity index (χ4v) is 2.95. The van der Waals surface area contributed by atoms with E-state index >= 15 is 0 Å². The molecule has 1 fully saturated rings. The summed E-state index contributed by atoms with van der Waals surface area (Å²) in [6.45, 7) is 0. The lowest BCUT2D eigenvalue weighted by molar-refractivity contribution is 0.186. The summed E-state index contributed by atoms with van der Waals surface area (Å²) in [6.07, 6.45) is 8.97. The van der Waals surface area contributed by atoms with Crippen LogP contribution in [0.15, 0.2) is 41.3 Å². The van der Waals surface area contributed by atoms with E-state index in [2.05, 4.69) is 10.3 Å². The van der Waals surface area contributed by atoms with Crippen molar-refractivity contribution in [3.8, 4) is 11.3 Å². The predicted molar refractivity (Wildman–Crippen MR) is 85.6 cm³/mol. The van der Waals surface area contributed by atoms with Crippen LogP contribution in [0.5, 0.6) is 0 Å². The van der Waals surface area contributed by atoms with Crippen LogP contribution in [-0.4, -0.2) is 29.0 Å². The van der Waals surface area contributed by atoms with Gasteiger partial charge in [-0.2, -0.15) is 0 Å². The van der Waals surface area contributed by atoms with Crippen LogP contribution in [0.25, 0.3) is 11.3 Å². The van der Waals surface area contributed by atoms with Crippen LogP contribution in [0.1, 0.15) is 32.1 Å². The average Bonchev–Trinajstić information content (AvgIpc) is 3.10. The first kappa shape index (κ1) is 14.6. The van der Waals surface area contributed by atoms with Gasteiger partial charge in [0.05, 0.1) is 6.20 Å². The number of amides is 2. The van der Waals surface area contributed by atoms with Gasteiger partial charge in [0.15, 0.2) is 12.2 Å². The maximum Gasteiger partial charge on any atom is 0.321 e. The molecule has 22 heavy (non-hydrogen) atoms. The van der Waals surface area contributed by atoms with Crippen molar-refractivity contribution in [2.24, 2.45) is 0 Å². The third-order valence-corrected chi connectivity index (χ3v) is 4.27. The lowest BCUT2D eigenvalue weighted by Crippen LogP contribution is -2.40. The quantitative estimate of drug-likeness (QED) is 0.926. The standard InChI is InChI=1S/C17H21N3O2/c1-20(15-8-3-2-4-9-15)17(21)19-14-7-5-6-13(10-14)16-11-18-12-22-16/h5-7,10-12,15H,2-4,8-9H2,1H3,(H,19,21). The summed E-state index contributed by atoms with van der Waals surface area (Å²) in [5.41, 5.74) is 1.66. The maximum absolute atomic E-state index is 12.4. The number of anilines is 1. The number of nitrogens with zero attached hydrogens (tertiary/aromatic N) is 2. The van der Waals surface area contributed by atoms with E-state index in [0.29, 0.717) is 11.8 Å². The van der Waals surface area contributed by atoms with Crippen molar-refractivity contribution in [3.63, 3.8) is 0 Å². The van der Waals surface area contributed by atoms with Crippen LogP contribution < -0.4 is 5.32 Å². The third-order valence-electron chi connectivity index (χ3n) is 4.27. The summed E-state index contributed by atoms with van der Waals surface area (Å²) in [7, 11) is 1.88. The molecule has 5 heteroatoms. The van der Waals surface area contributed by atoms with Crippen LogP contribution >= 0.6 is 0 Å². The molecule has 1 aromatic heterocycles. The highest BCUT2D eigenvalue weighted by Crippen LogP contribution is 2.24. The Morgan fingerprint density at radius 1 is 1.32 bits per heavy atom. The highest BCUT2D eigenvalue weighted by molar-refractivity contribution is 5.90. The van der Waals surface area contributed by atoms with Crippen molar-refractivity contribution in [1.82, 2.24) is 9.88 Å². The minimum absolute atomic E-state index is 0.0541. The minimum Gasteiger partial charge on any atom is -0.444 e. The molecule has 3 rings (SSSR count). The van der Waals surface area contributed by atoms with Crippen LogP contribution in [0.2, 0.25) is 0 Å². The number of aromatic nitrogens is 1. The van der Waals surface area contributed by atoms with E-state index in [4.69, 9.17) is 4.42 Å². The van der Waals surface area contributed by atoms with Crippen molar-refractivity contribution >= 4 is 11.7 Å². The van der Waals surface area contributed by atoms with Crippen LogP contribution in [-0.2, 0) is 0 Å². The Kier molecular flexibility index (Phi) is 4.42. The Bertz CT molecular complexity index is 619. The minimum atomic E-state index is -0.0541. The number of benzene rings is 1. The predicted octanol–water partition coefficient (Wildman–Crippen LogP) is 4.14. The summed E-state index contributed by atoms with van der Waals surface area (Å²) in [4.78, 5) is 18.1. The number of urea groups is 1. The van der Waals surface area contributed by atoms with Gasteiger partial charge in [0.1, 0.15) is 0 Å². The zero-order chi connectivity index (χ0) is 15.4. The molecule has 1 heterocycles. The first-order valence-electron chi connectivity index (χ1n) is 7.77. The Morgan fingerprint density at radius 2 is 2.14 bits per heavy atom. The third kappa shape index (κ3) is 3.30. The zero-order valence-electron chi connectivity index (χ0n) is 12.8. The molecule has 2 aromatic rings. The summed E-state index contributed by atoms with van der Waals surface area (Å²) in [6, 6.07) is 7.90. The first-order chi connectivity index (χ1) is 10.7. The van der Waals surface area contributed by atoms with Crippen molar-refractivity contribution in [1.29, 1.82) is 0 Å². The maximum atomic E-state index is 12.4. The number of nitrogens with one attached hydrogen (secondary N) is 1. The summed E-state index contributed by atoms with van der Waals surface area (Å²) in [5.74, 6) is 0.691. The molecule has 0 aliphatic heterocycles. The van der Waals surface area contributed by atoms with Gasteiger partial charge >= 0.3 is 6.03 Å². The number of hydrogen-bond acceptors (Lipinski definition) is 3. The highest BCUT2D eigenvalue weighted by Gasteiger charge is 2.22. The molecule has 1 aromatic carbocycles. The molecular formula is C17H21N3O2. The van der Waals surface area contributed by atoms with Crippen molar-refractivity contribution in [2.45, 2.75) is 38.1 Å². The smallest absolute Gasteiger partial charge is 0.321 e. The van der Waals surface area contributed by atoms with Crippen LogP contribution in [0.4, 0.5) is 10.5 Å². The van der Waals surface area contributed by atoms with E-state index in [9.17, 15) is 4.79 Å². The number of rotatable bonds is 3. The number of carbonyl (C=O) groups excluding carboxylic acids is 1. The largest absolute Gasteiger partial charge is 0.444 e.